The predicted molar refractivity (Wildman–Crippen MR) is 250 cm³/mol. The number of aromatic amines is 1. The zero-order valence-corrected chi connectivity index (χ0v) is 46.4. The van der Waals surface area contributed by atoms with Crippen molar-refractivity contribution in [2.75, 3.05) is 17.7 Å². The number of carboxylic acids is 7. The molecule has 0 saturated carbocycles. The number of nitrogens with zero attached hydrogens (tertiary/aromatic N) is 3. The maximum absolute atomic E-state index is 12.3. The Morgan fingerprint density at radius 1 is 0.736 bits per heavy atom. The molecule has 6 atom stereocenters. The van der Waals surface area contributed by atoms with Crippen LogP contribution in [0.15, 0.2) is 35.3 Å². The van der Waals surface area contributed by atoms with Crippen LogP contribution in [0.5, 0.6) is 0 Å². The number of aliphatic hydroxyl groups is 7. The van der Waals surface area contributed by atoms with Crippen LogP contribution in [0.25, 0.3) is 11.2 Å². The maximum Gasteiger partial charge on any atom is 2.00 e. The zero-order chi connectivity index (χ0) is 53.2. The fraction of sp³-hybridized carbons (Fsp3) is 0.400. The first-order chi connectivity index (χ1) is 31.3. The van der Waals surface area contributed by atoms with Gasteiger partial charge in [-0.25, -0.2) is 33.9 Å². The van der Waals surface area contributed by atoms with E-state index in [4.69, 9.17) is 92.2 Å². The largest absolute Gasteiger partial charge is 2.00 e. The first-order valence-electron chi connectivity index (χ1n) is 18.2. The molecule has 394 valence electrons. The minimum Gasteiger partial charge on any atom is -1.00 e. The quantitative estimate of drug-likeness (QED) is 0.0469. The molecule has 33 nitrogen and oxygen atoms in total. The van der Waals surface area contributed by atoms with Crippen LogP contribution in [0, 0.1) is 0 Å². The molecule has 37 heteroatoms. The van der Waals surface area contributed by atoms with E-state index in [0.717, 1.165) is 0 Å². The van der Waals surface area contributed by atoms with Crippen LogP contribution in [0.1, 0.15) is 60.1 Å². The summed E-state index contributed by atoms with van der Waals surface area (Å²) in [6.07, 6.45) is -12.3. The number of carbonyl (C=O) groups is 9. The fourth-order valence-electron chi connectivity index (χ4n) is 4.14. The van der Waals surface area contributed by atoms with Crippen molar-refractivity contribution >= 4 is 228 Å². The fourth-order valence-corrected chi connectivity index (χ4v) is 4.14. The monoisotopic (exact) mass is 1150 g/mol. The molecule has 0 aliphatic rings. The molecule has 0 aliphatic heterocycles. The molecular weight excluding hydrogens is 1090 g/mol. The van der Waals surface area contributed by atoms with E-state index in [0.29, 0.717) is 11.4 Å². The Morgan fingerprint density at radius 2 is 1.21 bits per heavy atom. The second-order valence-electron chi connectivity index (χ2n) is 13.0. The standard InChI is InChI=1S/C19H19N7O6.C6H8O7.C6H12O7.C3H6O3.CH2O3.4Ca.8H/c20-19-25-15-14(17(30)26-19)23-11(8-22-15)7-21-10-3-1-9(2-4-10)16(29)24-12(18(31)32)5-6-13(27)28;7-3(8)1-6(13,5(11)12)2-4(9)10;7-1-2(8)3(9)4(10)5(11)6(12)13;1-2(4)3(5)6;2-1(3)4;;;;;;;;;;;;/h1-4,8,12,21H,5-7H2,(H,24,29)(H,27,28)(H,31,32)(H3,20,22,25,26,30);13H,1-2H2,(H,7,8)(H,9,10)(H,11,12);2-5,7-11H,1H2,(H,12,13);2,4H,1H3,(H,5,6);(H2,2,3,4);;;;;;;;;;;;/q;;;;;4*+2;8*-1. The number of aromatic nitrogens is 4. The molecule has 21 N–H and O–H groups in total. The third kappa shape index (κ3) is 34.3. The Morgan fingerprint density at radius 3 is 1.58 bits per heavy atom. The van der Waals surface area contributed by atoms with Crippen LogP contribution in [0.3, 0.4) is 0 Å². The van der Waals surface area contributed by atoms with Gasteiger partial charge in [0.1, 0.15) is 30.5 Å². The van der Waals surface area contributed by atoms with Gasteiger partial charge >= 0.3 is 199 Å². The van der Waals surface area contributed by atoms with Crippen molar-refractivity contribution < 1.29 is 136 Å². The molecule has 0 bridgehead atoms. The molecule has 0 saturated heterocycles. The number of carbonyl (C=O) groups excluding carboxylic acids is 1. The van der Waals surface area contributed by atoms with Crippen molar-refractivity contribution in [3.63, 3.8) is 0 Å². The third-order valence-electron chi connectivity index (χ3n) is 7.51. The van der Waals surface area contributed by atoms with Gasteiger partial charge < -0.3 is 109 Å². The number of anilines is 2. The number of nitrogen functional groups attached to an aromatic ring is 1. The van der Waals surface area contributed by atoms with Gasteiger partial charge in [0.25, 0.3) is 11.5 Å². The van der Waals surface area contributed by atoms with Crippen LogP contribution in [0.4, 0.5) is 16.4 Å². The molecule has 0 fully saturated rings. The number of fused-ring (bicyclic) bond motifs is 1. The van der Waals surface area contributed by atoms with Crippen LogP contribution in [0.2, 0.25) is 0 Å². The third-order valence-corrected chi connectivity index (χ3v) is 7.51. The van der Waals surface area contributed by atoms with E-state index in [2.05, 4.69) is 30.6 Å². The van der Waals surface area contributed by atoms with Crippen LogP contribution < -0.4 is 21.9 Å². The van der Waals surface area contributed by atoms with Gasteiger partial charge in [0.2, 0.25) is 5.95 Å². The van der Waals surface area contributed by atoms with Gasteiger partial charge in [0.05, 0.1) is 37.9 Å². The number of rotatable bonds is 20. The molecule has 2 aromatic heterocycles. The molecule has 3 rings (SSSR count). The average molecular weight is 1150 g/mol. The predicted octanol–water partition coefficient (Wildman–Crippen LogP) is -5.74. The molecular formula is C35H55Ca4N7O26. The van der Waals surface area contributed by atoms with E-state index < -0.39 is 121 Å². The van der Waals surface area contributed by atoms with E-state index in [1.54, 1.807) is 12.1 Å². The SMILES string of the molecule is CC(O)C(=O)O.Nc1nc2ncc(CNc3ccc(C(=O)NC(CCC(=O)O)C(=O)O)cc3)nc2c(=O)[nH]1.O=C(O)C(O)C(O)C(O)C(O)CO.O=C(O)CC(O)(CC(=O)O)C(=O)O.O=C(O)O.[Ca+2].[Ca+2].[Ca+2].[Ca+2].[H-].[H-].[H-].[H-].[H-].[H-].[H-].[H-]. The number of nitrogens with one attached hydrogen (secondary N) is 3. The first kappa shape index (κ1) is 80.2. The minimum atomic E-state index is -2.74. The topological polar surface area (TPSA) is 599 Å². The number of nitrogens with two attached hydrogens (primary N) is 1. The molecule has 0 spiro atoms. The van der Waals surface area contributed by atoms with Gasteiger partial charge in [0, 0.05) is 17.7 Å². The number of benzene rings is 1. The molecule has 1 aromatic carbocycles. The Kier molecular flexibility index (Phi) is 45.8. The van der Waals surface area contributed by atoms with Gasteiger partial charge in [0.15, 0.2) is 22.9 Å². The molecule has 0 radical (unpaired) electrons. The minimum absolute atomic E-state index is 0. The van der Waals surface area contributed by atoms with Gasteiger partial charge in [-0.15, -0.1) is 0 Å². The molecule has 3 aromatic rings. The van der Waals surface area contributed by atoms with E-state index in [-0.39, 0.29) is 204 Å². The number of aliphatic hydroxyl groups excluding tert-OH is 6. The number of hydrogen-bond donors (Lipinski definition) is 20. The van der Waals surface area contributed by atoms with Gasteiger partial charge in [-0.2, -0.15) is 4.98 Å². The van der Waals surface area contributed by atoms with Crippen LogP contribution in [-0.2, 0) is 40.1 Å². The Hall–Kier alpha value is -3.17. The summed E-state index contributed by atoms with van der Waals surface area (Å²) in [5.74, 6) is -11.1. The molecule has 72 heavy (non-hydrogen) atoms. The zero-order valence-electron chi connectivity index (χ0n) is 45.6. The number of aliphatic carboxylic acids is 7. The number of carboxylic acid groups (broad SMARTS) is 9. The van der Waals surface area contributed by atoms with Gasteiger partial charge in [-0.3, -0.25) is 29.0 Å². The second kappa shape index (κ2) is 41.1. The summed E-state index contributed by atoms with van der Waals surface area (Å²) in [5.41, 5.74) is 3.73. The molecule has 0 aliphatic carbocycles. The van der Waals surface area contributed by atoms with Crippen molar-refractivity contribution in [1.82, 2.24) is 25.3 Å². The van der Waals surface area contributed by atoms with Crippen molar-refractivity contribution in [2.24, 2.45) is 0 Å². The van der Waals surface area contributed by atoms with E-state index in [1.165, 1.54) is 25.3 Å². The average Bonchev–Trinajstić information content (AvgIpc) is 3.23. The summed E-state index contributed by atoms with van der Waals surface area (Å²) in [6, 6.07) is 4.86. The van der Waals surface area contributed by atoms with Crippen molar-refractivity contribution in [1.29, 1.82) is 0 Å². The van der Waals surface area contributed by atoms with Gasteiger partial charge in [-0.1, -0.05) is 0 Å². The maximum atomic E-state index is 12.3. The Balaban J connectivity index is -0.0000000645. The van der Waals surface area contributed by atoms with Gasteiger partial charge in [-0.05, 0) is 37.6 Å². The summed E-state index contributed by atoms with van der Waals surface area (Å²) in [4.78, 5) is 119. The number of hydrogen-bond acceptors (Lipinski definition) is 22. The van der Waals surface area contributed by atoms with Crippen molar-refractivity contribution in [3.05, 3.63) is 52.1 Å². The van der Waals surface area contributed by atoms with E-state index >= 15 is 0 Å². The molecule has 6 unspecified atom stereocenters. The first-order valence-corrected chi connectivity index (χ1v) is 18.2. The smallest absolute Gasteiger partial charge is 1.00 e. The summed E-state index contributed by atoms with van der Waals surface area (Å²) >= 11 is 0. The summed E-state index contributed by atoms with van der Waals surface area (Å²) in [6.45, 7) is 0.585. The van der Waals surface area contributed by atoms with Crippen molar-refractivity contribution in [2.45, 2.75) is 81.3 Å². The molecule has 1 amide bonds. The number of H-pyrrole nitrogens is 1. The number of amides is 1. The normalized spacial score (nSPS) is 12.3. The van der Waals surface area contributed by atoms with Crippen LogP contribution >= 0.6 is 0 Å². The Bertz CT molecular complexity index is 2290. The van der Waals surface area contributed by atoms with E-state index in [1.807, 2.05) is 0 Å². The van der Waals surface area contributed by atoms with Crippen molar-refractivity contribution in [3.8, 4) is 0 Å². The molecule has 2 heterocycles. The summed E-state index contributed by atoms with van der Waals surface area (Å²) in [5, 5.41) is 139. The summed E-state index contributed by atoms with van der Waals surface area (Å²) < 4.78 is 0. The second-order valence-corrected chi connectivity index (χ2v) is 13.0. The Labute approximate surface area is 534 Å². The van der Waals surface area contributed by atoms with E-state index in [9.17, 15) is 43.2 Å². The van der Waals surface area contributed by atoms with Crippen LogP contribution in [-0.4, -0.2) is 355 Å². The summed E-state index contributed by atoms with van der Waals surface area (Å²) in [7, 11) is 0.